The zero-order valence-electron chi connectivity index (χ0n) is 15.9. The minimum absolute atomic E-state index is 0.00135. The van der Waals surface area contributed by atoms with Gasteiger partial charge in [-0.05, 0) is 43.1 Å². The number of esters is 1. The lowest BCUT2D eigenvalue weighted by Crippen LogP contribution is -2.28. The van der Waals surface area contributed by atoms with Crippen LogP contribution in [0, 0.1) is 0 Å². The molecule has 2 aromatic carbocycles. The maximum atomic E-state index is 11.2. The summed E-state index contributed by atoms with van der Waals surface area (Å²) in [7, 11) is 0. The average molecular weight is 389 g/mol. The fraction of sp³-hybridized carbons (Fsp3) is 0.333. The van der Waals surface area contributed by atoms with Crippen LogP contribution in [-0.2, 0) is 20.7 Å². The van der Waals surface area contributed by atoms with Crippen LogP contribution >= 0.6 is 0 Å². The highest BCUT2D eigenvalue weighted by Crippen LogP contribution is 2.15. The molecule has 28 heavy (non-hydrogen) atoms. The Balaban J connectivity index is 0.00000122. The van der Waals surface area contributed by atoms with Crippen molar-refractivity contribution in [3.05, 3.63) is 65.7 Å². The van der Waals surface area contributed by atoms with Gasteiger partial charge in [0.1, 0.15) is 5.75 Å². The number of phenolic OH excluding ortho intramolecular Hbond substituents is 1. The van der Waals surface area contributed by atoms with E-state index in [0.717, 1.165) is 17.5 Å². The van der Waals surface area contributed by atoms with E-state index in [4.69, 9.17) is 14.9 Å². The average Bonchev–Trinajstić information content (AvgIpc) is 2.69. The number of aromatic hydroxyl groups is 1. The van der Waals surface area contributed by atoms with E-state index >= 15 is 0 Å². The number of nitrogens with one attached hydrogen (secondary N) is 1. The van der Waals surface area contributed by atoms with E-state index in [1.807, 2.05) is 42.5 Å². The number of aliphatic hydroxyl groups is 1. The van der Waals surface area contributed by atoms with E-state index in [1.54, 1.807) is 19.1 Å². The van der Waals surface area contributed by atoms with E-state index < -0.39 is 11.9 Å². The van der Waals surface area contributed by atoms with Gasteiger partial charge in [0, 0.05) is 19.1 Å². The van der Waals surface area contributed by atoms with Crippen LogP contribution in [-0.4, -0.2) is 53.6 Å². The number of benzene rings is 2. The molecule has 4 N–H and O–H groups in total. The topological polar surface area (TPSA) is 116 Å². The summed E-state index contributed by atoms with van der Waals surface area (Å²) in [6, 6.07) is 16.5. The van der Waals surface area contributed by atoms with Crippen molar-refractivity contribution in [1.82, 2.24) is 5.32 Å². The summed E-state index contributed by atoms with van der Waals surface area (Å²) in [4.78, 5) is 21.7. The summed E-state index contributed by atoms with van der Waals surface area (Å²) in [6.45, 7) is 3.19. The van der Waals surface area contributed by atoms with Crippen LogP contribution in [0.5, 0.6) is 5.75 Å². The predicted molar refractivity (Wildman–Crippen MR) is 105 cm³/mol. The molecule has 2 aromatic rings. The van der Waals surface area contributed by atoms with E-state index in [2.05, 4.69) is 5.32 Å². The van der Waals surface area contributed by atoms with Gasteiger partial charge in [0.05, 0.1) is 6.61 Å². The van der Waals surface area contributed by atoms with E-state index in [-0.39, 0.29) is 24.9 Å². The fourth-order valence-corrected chi connectivity index (χ4v) is 2.41. The lowest BCUT2D eigenvalue weighted by molar-refractivity contribution is -0.164. The van der Waals surface area contributed by atoms with Gasteiger partial charge in [-0.15, -0.1) is 0 Å². The van der Waals surface area contributed by atoms with Crippen molar-refractivity contribution in [2.45, 2.75) is 19.3 Å². The molecule has 0 bridgehead atoms. The number of aliphatic carboxylic acids is 1. The van der Waals surface area contributed by atoms with Crippen LogP contribution in [0.4, 0.5) is 0 Å². The van der Waals surface area contributed by atoms with Crippen LogP contribution in [0.25, 0.3) is 0 Å². The maximum absolute atomic E-state index is 11.2. The summed E-state index contributed by atoms with van der Waals surface area (Å²) in [5.41, 5.74) is 2.07. The van der Waals surface area contributed by atoms with Gasteiger partial charge in [-0.3, -0.25) is 0 Å². The van der Waals surface area contributed by atoms with Crippen LogP contribution < -0.4 is 5.32 Å². The van der Waals surface area contributed by atoms with Crippen LogP contribution in [0.3, 0.4) is 0 Å². The van der Waals surface area contributed by atoms with Crippen LogP contribution in [0.1, 0.15) is 24.0 Å². The molecule has 7 nitrogen and oxygen atoms in total. The highest BCUT2D eigenvalue weighted by molar-refractivity contribution is 6.28. The first kappa shape index (κ1) is 23.1. The molecular weight excluding hydrogens is 362 g/mol. The number of carboxylic acid groups (broad SMARTS) is 1. The van der Waals surface area contributed by atoms with Crippen molar-refractivity contribution in [3.63, 3.8) is 0 Å². The van der Waals surface area contributed by atoms with Crippen molar-refractivity contribution in [1.29, 1.82) is 0 Å². The van der Waals surface area contributed by atoms with Gasteiger partial charge in [0.15, 0.2) is 0 Å². The molecule has 2 rings (SSSR count). The predicted octanol–water partition coefficient (Wildman–Crippen LogP) is 1.93. The second kappa shape index (κ2) is 13.3. The molecule has 0 saturated heterocycles. The zero-order valence-corrected chi connectivity index (χ0v) is 15.9. The number of ether oxygens (including phenoxy) is 1. The molecule has 0 aliphatic carbocycles. The van der Waals surface area contributed by atoms with Crippen molar-refractivity contribution >= 4 is 11.9 Å². The molecular formula is C21H27NO6. The molecule has 0 radical (unpaired) electrons. The molecule has 1 atom stereocenters. The first-order chi connectivity index (χ1) is 13.5. The van der Waals surface area contributed by atoms with Crippen molar-refractivity contribution in [2.75, 3.05) is 26.3 Å². The molecule has 0 spiro atoms. The second-order valence-corrected chi connectivity index (χ2v) is 5.95. The normalized spacial score (nSPS) is 11.1. The third-order valence-corrected chi connectivity index (χ3v) is 3.78. The summed E-state index contributed by atoms with van der Waals surface area (Å²) < 4.78 is 4.84. The monoisotopic (exact) mass is 389 g/mol. The number of aliphatic hydroxyl groups excluding tert-OH is 1. The standard InChI is InChI=1S/C19H21NO5.C2H6O/c21-17-8-6-14(7-9-17)10-11-20-12-16(13-25-19(24)18(22)23)15-4-2-1-3-5-15;1-2-3/h1-9,16,20-21H,10-13H2,(H,22,23);3H,2H2,1H3. The molecule has 0 aliphatic heterocycles. The number of carbonyl (C=O) groups excluding carboxylic acids is 1. The number of phenols is 1. The van der Waals surface area contributed by atoms with Gasteiger partial charge in [-0.1, -0.05) is 42.5 Å². The van der Waals surface area contributed by atoms with Crippen molar-refractivity contribution in [2.24, 2.45) is 0 Å². The zero-order chi connectivity index (χ0) is 20.8. The number of hydrogen-bond donors (Lipinski definition) is 4. The lowest BCUT2D eigenvalue weighted by Gasteiger charge is -2.18. The van der Waals surface area contributed by atoms with Gasteiger partial charge >= 0.3 is 11.9 Å². The third kappa shape index (κ3) is 9.16. The Morgan fingerprint density at radius 1 is 1.07 bits per heavy atom. The van der Waals surface area contributed by atoms with Gasteiger partial charge in [0.25, 0.3) is 0 Å². The summed E-state index contributed by atoms with van der Waals surface area (Å²) in [5, 5.41) is 28.8. The quantitative estimate of drug-likeness (QED) is 0.310. The molecule has 0 heterocycles. The largest absolute Gasteiger partial charge is 0.508 e. The SMILES string of the molecule is CCO.O=C(O)C(=O)OCC(CNCCc1ccc(O)cc1)c1ccccc1. The molecule has 0 saturated carbocycles. The number of hydrogen-bond acceptors (Lipinski definition) is 6. The second-order valence-electron chi connectivity index (χ2n) is 5.95. The fourth-order valence-electron chi connectivity index (χ4n) is 2.41. The molecule has 0 aromatic heterocycles. The lowest BCUT2D eigenvalue weighted by atomic mass is 10.00. The molecule has 152 valence electrons. The van der Waals surface area contributed by atoms with Crippen molar-refractivity contribution < 1.29 is 29.6 Å². The first-order valence-electron chi connectivity index (χ1n) is 9.02. The van der Waals surface area contributed by atoms with Crippen LogP contribution in [0.2, 0.25) is 0 Å². The number of carbonyl (C=O) groups is 2. The molecule has 1 unspecified atom stereocenters. The van der Waals surface area contributed by atoms with Gasteiger partial charge in [-0.25, -0.2) is 9.59 Å². The van der Waals surface area contributed by atoms with E-state index in [1.165, 1.54) is 0 Å². The first-order valence-corrected chi connectivity index (χ1v) is 9.02. The summed E-state index contributed by atoms with van der Waals surface area (Å²) in [6.07, 6.45) is 0.788. The third-order valence-electron chi connectivity index (χ3n) is 3.78. The van der Waals surface area contributed by atoms with E-state index in [0.29, 0.717) is 13.1 Å². The van der Waals surface area contributed by atoms with Gasteiger partial charge < -0.3 is 25.4 Å². The van der Waals surface area contributed by atoms with Crippen molar-refractivity contribution in [3.8, 4) is 5.75 Å². The number of carboxylic acids is 1. The smallest absolute Gasteiger partial charge is 0.417 e. The molecule has 7 heteroatoms. The maximum Gasteiger partial charge on any atom is 0.417 e. The highest BCUT2D eigenvalue weighted by atomic mass is 16.6. The minimum Gasteiger partial charge on any atom is -0.508 e. The highest BCUT2D eigenvalue weighted by Gasteiger charge is 2.18. The molecule has 0 aliphatic rings. The Labute approximate surface area is 164 Å². The molecule has 0 fully saturated rings. The van der Waals surface area contributed by atoms with E-state index in [9.17, 15) is 14.7 Å². The molecule has 0 amide bonds. The number of rotatable bonds is 8. The van der Waals surface area contributed by atoms with Gasteiger partial charge in [0.2, 0.25) is 0 Å². The Morgan fingerprint density at radius 2 is 1.68 bits per heavy atom. The Hall–Kier alpha value is -2.90. The summed E-state index contributed by atoms with van der Waals surface area (Å²) >= 11 is 0. The Morgan fingerprint density at radius 3 is 2.25 bits per heavy atom. The Kier molecular flexibility index (Phi) is 11.0. The minimum atomic E-state index is -1.59. The van der Waals surface area contributed by atoms with Crippen LogP contribution in [0.15, 0.2) is 54.6 Å². The Bertz CT molecular complexity index is 703. The van der Waals surface area contributed by atoms with Gasteiger partial charge in [-0.2, -0.15) is 0 Å². The summed E-state index contributed by atoms with van der Waals surface area (Å²) in [5.74, 6) is -2.73.